The van der Waals surface area contributed by atoms with Crippen molar-refractivity contribution in [3.05, 3.63) is 53.6 Å². The van der Waals surface area contributed by atoms with Crippen molar-refractivity contribution in [3.63, 3.8) is 0 Å². The van der Waals surface area contributed by atoms with Crippen LogP contribution in [-0.2, 0) is 4.79 Å². The number of hydrogen-bond donors (Lipinski definition) is 1. The van der Waals surface area contributed by atoms with Crippen LogP contribution in [0.5, 0.6) is 11.5 Å². The number of rotatable bonds is 6. The van der Waals surface area contributed by atoms with Gasteiger partial charge in [0.15, 0.2) is 11.9 Å². The van der Waals surface area contributed by atoms with Crippen molar-refractivity contribution in [1.29, 1.82) is 0 Å². The van der Waals surface area contributed by atoms with Crippen LogP contribution in [0.15, 0.2) is 42.5 Å². The lowest BCUT2D eigenvalue weighted by molar-refractivity contribution is -0.122. The van der Waals surface area contributed by atoms with Crippen molar-refractivity contribution in [1.82, 2.24) is 0 Å². The van der Waals surface area contributed by atoms with Crippen LogP contribution in [0.2, 0.25) is 0 Å². The van der Waals surface area contributed by atoms with Gasteiger partial charge in [0, 0.05) is 5.56 Å². The maximum absolute atomic E-state index is 12.4. The standard InChI is InChI=1S/C19H21NO4/c1-12-8-9-18(23-4)17(10-12)20-19(22)14(3)24-16-7-5-6-15(11-16)13(2)21/h5-11,14H,1-4H3,(H,20,22)/t14-/m0/s1. The molecule has 0 radical (unpaired) electrons. The largest absolute Gasteiger partial charge is 0.495 e. The molecule has 0 unspecified atom stereocenters. The minimum absolute atomic E-state index is 0.0537. The average Bonchev–Trinajstić information content (AvgIpc) is 2.55. The number of anilines is 1. The van der Waals surface area contributed by atoms with Gasteiger partial charge in [-0.05, 0) is 50.6 Å². The summed E-state index contributed by atoms with van der Waals surface area (Å²) in [5.74, 6) is 0.704. The third-order valence-electron chi connectivity index (χ3n) is 3.54. The summed E-state index contributed by atoms with van der Waals surface area (Å²) in [6.07, 6.45) is -0.725. The number of amides is 1. The van der Waals surface area contributed by atoms with E-state index in [-0.39, 0.29) is 11.7 Å². The Labute approximate surface area is 141 Å². The van der Waals surface area contributed by atoms with Gasteiger partial charge >= 0.3 is 0 Å². The van der Waals surface area contributed by atoms with Gasteiger partial charge in [-0.2, -0.15) is 0 Å². The Morgan fingerprint density at radius 1 is 1.12 bits per heavy atom. The Hall–Kier alpha value is -2.82. The number of carbonyl (C=O) groups is 2. The van der Waals surface area contributed by atoms with Gasteiger partial charge in [-0.25, -0.2) is 0 Å². The van der Waals surface area contributed by atoms with Gasteiger partial charge in [-0.3, -0.25) is 9.59 Å². The quantitative estimate of drug-likeness (QED) is 0.823. The van der Waals surface area contributed by atoms with E-state index in [9.17, 15) is 9.59 Å². The minimum Gasteiger partial charge on any atom is -0.495 e. The van der Waals surface area contributed by atoms with Crippen molar-refractivity contribution in [3.8, 4) is 11.5 Å². The van der Waals surface area contributed by atoms with E-state index in [0.29, 0.717) is 22.7 Å². The Morgan fingerprint density at radius 3 is 2.54 bits per heavy atom. The van der Waals surface area contributed by atoms with Gasteiger partial charge in [-0.15, -0.1) is 0 Å². The number of nitrogens with one attached hydrogen (secondary N) is 1. The molecule has 126 valence electrons. The second-order valence-electron chi connectivity index (χ2n) is 5.54. The molecule has 1 N–H and O–H groups in total. The monoisotopic (exact) mass is 327 g/mol. The maximum Gasteiger partial charge on any atom is 0.265 e. The molecule has 0 saturated heterocycles. The molecule has 2 aromatic rings. The number of ketones is 1. The highest BCUT2D eigenvalue weighted by molar-refractivity contribution is 5.96. The Bertz CT molecular complexity index is 755. The van der Waals surface area contributed by atoms with E-state index < -0.39 is 6.10 Å². The third-order valence-corrected chi connectivity index (χ3v) is 3.54. The molecule has 0 fully saturated rings. The first-order chi connectivity index (χ1) is 11.4. The molecular weight excluding hydrogens is 306 g/mol. The number of carbonyl (C=O) groups excluding carboxylic acids is 2. The van der Waals surface area contributed by atoms with E-state index in [1.807, 2.05) is 19.1 Å². The number of methoxy groups -OCH3 is 1. The fraction of sp³-hybridized carbons (Fsp3) is 0.263. The highest BCUT2D eigenvalue weighted by Gasteiger charge is 2.17. The van der Waals surface area contributed by atoms with Crippen LogP contribution < -0.4 is 14.8 Å². The SMILES string of the molecule is COc1ccc(C)cc1NC(=O)[C@H](C)Oc1cccc(C(C)=O)c1. The van der Waals surface area contributed by atoms with E-state index >= 15 is 0 Å². The molecule has 0 bridgehead atoms. The van der Waals surface area contributed by atoms with Gasteiger partial charge < -0.3 is 14.8 Å². The molecule has 0 spiro atoms. The van der Waals surface area contributed by atoms with E-state index in [0.717, 1.165) is 5.56 Å². The van der Waals surface area contributed by atoms with Crippen LogP contribution in [0.25, 0.3) is 0 Å². The summed E-state index contributed by atoms with van der Waals surface area (Å²) in [6, 6.07) is 12.3. The molecule has 0 aliphatic heterocycles. The second-order valence-corrected chi connectivity index (χ2v) is 5.54. The van der Waals surface area contributed by atoms with E-state index in [2.05, 4.69) is 5.32 Å². The Morgan fingerprint density at radius 2 is 1.88 bits per heavy atom. The van der Waals surface area contributed by atoms with Crippen LogP contribution in [0.1, 0.15) is 29.8 Å². The number of ether oxygens (including phenoxy) is 2. The molecular formula is C19H21NO4. The molecule has 1 amide bonds. The lowest BCUT2D eigenvalue weighted by Gasteiger charge is -2.16. The molecule has 0 heterocycles. The molecule has 2 aromatic carbocycles. The molecule has 0 aliphatic carbocycles. The van der Waals surface area contributed by atoms with Crippen LogP contribution in [0.4, 0.5) is 5.69 Å². The van der Waals surface area contributed by atoms with Crippen LogP contribution >= 0.6 is 0 Å². The molecule has 0 aromatic heterocycles. The number of benzene rings is 2. The zero-order chi connectivity index (χ0) is 17.7. The lowest BCUT2D eigenvalue weighted by atomic mass is 10.1. The smallest absolute Gasteiger partial charge is 0.265 e. The highest BCUT2D eigenvalue weighted by atomic mass is 16.5. The maximum atomic E-state index is 12.4. The van der Waals surface area contributed by atoms with Gasteiger partial charge in [-0.1, -0.05) is 18.2 Å². The molecule has 0 aliphatic rings. The predicted molar refractivity (Wildman–Crippen MR) is 92.9 cm³/mol. The first-order valence-corrected chi connectivity index (χ1v) is 7.64. The molecule has 0 saturated carbocycles. The second kappa shape index (κ2) is 7.64. The minimum atomic E-state index is -0.725. The number of Topliss-reactive ketones (excluding diaryl/α,β-unsaturated/α-hetero) is 1. The topological polar surface area (TPSA) is 64.6 Å². The van der Waals surface area contributed by atoms with E-state index in [1.54, 1.807) is 44.4 Å². The summed E-state index contributed by atoms with van der Waals surface area (Å²) in [4.78, 5) is 23.8. The molecule has 1 atom stereocenters. The fourth-order valence-electron chi connectivity index (χ4n) is 2.20. The molecule has 5 heteroatoms. The molecule has 2 rings (SSSR count). The van der Waals surface area contributed by atoms with Crippen molar-refractivity contribution in [2.24, 2.45) is 0 Å². The Balaban J connectivity index is 2.09. The van der Waals surface area contributed by atoms with Crippen molar-refractivity contribution in [2.45, 2.75) is 26.9 Å². The van der Waals surface area contributed by atoms with E-state index in [1.165, 1.54) is 6.92 Å². The lowest BCUT2D eigenvalue weighted by Crippen LogP contribution is -2.30. The van der Waals surface area contributed by atoms with Crippen molar-refractivity contribution in [2.75, 3.05) is 12.4 Å². The van der Waals surface area contributed by atoms with Gasteiger partial charge in [0.25, 0.3) is 5.91 Å². The third kappa shape index (κ3) is 4.35. The molecule has 24 heavy (non-hydrogen) atoms. The van der Waals surface area contributed by atoms with Gasteiger partial charge in [0.05, 0.1) is 12.8 Å². The number of aryl methyl sites for hydroxylation is 1. The zero-order valence-corrected chi connectivity index (χ0v) is 14.3. The van der Waals surface area contributed by atoms with Crippen LogP contribution in [0.3, 0.4) is 0 Å². The summed E-state index contributed by atoms with van der Waals surface area (Å²) in [6.45, 7) is 5.07. The summed E-state index contributed by atoms with van der Waals surface area (Å²) < 4.78 is 10.9. The first kappa shape index (κ1) is 17.5. The van der Waals surface area contributed by atoms with E-state index in [4.69, 9.17) is 9.47 Å². The zero-order valence-electron chi connectivity index (χ0n) is 14.3. The number of hydrogen-bond acceptors (Lipinski definition) is 4. The van der Waals surface area contributed by atoms with Crippen molar-refractivity contribution >= 4 is 17.4 Å². The predicted octanol–water partition coefficient (Wildman–Crippen LogP) is 3.61. The summed E-state index contributed by atoms with van der Waals surface area (Å²) in [5, 5.41) is 2.80. The summed E-state index contributed by atoms with van der Waals surface area (Å²) in [7, 11) is 1.55. The summed E-state index contributed by atoms with van der Waals surface area (Å²) in [5.41, 5.74) is 2.14. The summed E-state index contributed by atoms with van der Waals surface area (Å²) >= 11 is 0. The van der Waals surface area contributed by atoms with Gasteiger partial charge in [0.2, 0.25) is 0 Å². The molecule has 5 nitrogen and oxygen atoms in total. The van der Waals surface area contributed by atoms with Gasteiger partial charge in [0.1, 0.15) is 11.5 Å². The highest BCUT2D eigenvalue weighted by Crippen LogP contribution is 2.25. The fourth-order valence-corrected chi connectivity index (χ4v) is 2.20. The van der Waals surface area contributed by atoms with Crippen LogP contribution in [0, 0.1) is 6.92 Å². The normalized spacial score (nSPS) is 11.5. The first-order valence-electron chi connectivity index (χ1n) is 7.64. The Kier molecular flexibility index (Phi) is 5.58. The average molecular weight is 327 g/mol. The van der Waals surface area contributed by atoms with Crippen LogP contribution in [-0.4, -0.2) is 24.9 Å². The van der Waals surface area contributed by atoms with Crippen molar-refractivity contribution < 1.29 is 19.1 Å².